The molecule has 0 bridgehead atoms. The molecule has 0 spiro atoms. The molecule has 5 nitrogen and oxygen atoms in total. The molecule has 1 heterocycles. The van der Waals surface area contributed by atoms with Crippen LogP contribution in [-0.2, 0) is 9.53 Å². The minimum Gasteiger partial charge on any atom is -0.449 e. The van der Waals surface area contributed by atoms with E-state index in [4.69, 9.17) is 27.9 Å². The Morgan fingerprint density at radius 2 is 1.82 bits per heavy atom. The smallest absolute Gasteiger partial charge is 0.339 e. The Morgan fingerprint density at radius 3 is 2.45 bits per heavy atom. The Kier molecular flexibility index (Phi) is 5.35. The summed E-state index contributed by atoms with van der Waals surface area (Å²) in [5.74, 6) is -1.07. The number of esters is 1. The van der Waals surface area contributed by atoms with Crippen LogP contribution in [0.1, 0.15) is 17.3 Å². The highest BCUT2D eigenvalue weighted by Crippen LogP contribution is 2.25. The van der Waals surface area contributed by atoms with Crippen molar-refractivity contribution in [3.05, 3.63) is 58.3 Å². The molecule has 2 aromatic rings. The summed E-state index contributed by atoms with van der Waals surface area (Å²) in [4.78, 5) is 27.6. The zero-order valence-electron chi connectivity index (χ0n) is 11.5. The lowest BCUT2D eigenvalue weighted by atomic mass is 10.2. The lowest BCUT2D eigenvalue weighted by molar-refractivity contribution is -0.123. The number of pyridine rings is 1. The van der Waals surface area contributed by atoms with Gasteiger partial charge in [-0.15, -0.1) is 0 Å². The molecule has 114 valence electrons. The van der Waals surface area contributed by atoms with Crippen molar-refractivity contribution in [1.82, 2.24) is 4.98 Å². The highest BCUT2D eigenvalue weighted by atomic mass is 35.5. The first-order valence-corrected chi connectivity index (χ1v) is 7.10. The molecule has 1 aromatic carbocycles. The van der Waals surface area contributed by atoms with Gasteiger partial charge in [0, 0.05) is 18.1 Å². The molecule has 2 rings (SSSR count). The fourth-order valence-corrected chi connectivity index (χ4v) is 1.89. The van der Waals surface area contributed by atoms with Crippen LogP contribution in [0.5, 0.6) is 0 Å². The normalized spacial score (nSPS) is 11.6. The molecule has 0 fully saturated rings. The molecule has 1 amide bonds. The van der Waals surface area contributed by atoms with E-state index in [1.807, 2.05) is 0 Å². The Morgan fingerprint density at radius 1 is 1.14 bits per heavy atom. The number of halogens is 2. The maximum Gasteiger partial charge on any atom is 0.339 e. The number of carbonyl (C=O) groups is 2. The van der Waals surface area contributed by atoms with Crippen molar-refractivity contribution in [1.29, 1.82) is 0 Å². The average Bonchev–Trinajstić information content (AvgIpc) is 2.51. The van der Waals surface area contributed by atoms with E-state index in [-0.39, 0.29) is 0 Å². The number of nitrogens with one attached hydrogen (secondary N) is 1. The summed E-state index contributed by atoms with van der Waals surface area (Å²) in [7, 11) is 0. The molecule has 0 aliphatic carbocycles. The summed E-state index contributed by atoms with van der Waals surface area (Å²) < 4.78 is 5.09. The van der Waals surface area contributed by atoms with Gasteiger partial charge in [0.1, 0.15) is 0 Å². The van der Waals surface area contributed by atoms with Gasteiger partial charge in [0.15, 0.2) is 6.10 Å². The second kappa shape index (κ2) is 7.24. The Labute approximate surface area is 137 Å². The Balaban J connectivity index is 1.97. The molecule has 0 aliphatic heterocycles. The summed E-state index contributed by atoms with van der Waals surface area (Å²) in [6.45, 7) is 1.48. The van der Waals surface area contributed by atoms with Crippen molar-refractivity contribution in [3.8, 4) is 0 Å². The van der Waals surface area contributed by atoms with Crippen LogP contribution in [-0.4, -0.2) is 23.0 Å². The van der Waals surface area contributed by atoms with Crippen LogP contribution in [0.4, 0.5) is 5.69 Å². The number of carbonyl (C=O) groups excluding carboxylic acids is 2. The number of amides is 1. The molecule has 0 saturated heterocycles. The van der Waals surface area contributed by atoms with Crippen LogP contribution in [0.25, 0.3) is 0 Å². The average molecular weight is 339 g/mol. The van der Waals surface area contributed by atoms with Crippen molar-refractivity contribution < 1.29 is 14.3 Å². The minimum absolute atomic E-state index is 0.320. The van der Waals surface area contributed by atoms with Gasteiger partial charge in [-0.25, -0.2) is 4.79 Å². The molecule has 22 heavy (non-hydrogen) atoms. The fraction of sp³-hybridized carbons (Fsp3) is 0.133. The van der Waals surface area contributed by atoms with E-state index in [1.165, 1.54) is 37.5 Å². The number of ether oxygens (including phenoxy) is 1. The van der Waals surface area contributed by atoms with Gasteiger partial charge in [-0.05, 0) is 37.3 Å². The maximum absolute atomic E-state index is 12.0. The van der Waals surface area contributed by atoms with E-state index in [0.29, 0.717) is 21.3 Å². The number of benzene rings is 1. The zero-order valence-corrected chi connectivity index (χ0v) is 13.1. The van der Waals surface area contributed by atoms with Crippen LogP contribution in [0.15, 0.2) is 42.7 Å². The summed E-state index contributed by atoms with van der Waals surface area (Å²) >= 11 is 11.7. The van der Waals surface area contributed by atoms with Gasteiger partial charge in [-0.2, -0.15) is 0 Å². The molecular formula is C15H12Cl2N2O3. The van der Waals surface area contributed by atoms with Crippen molar-refractivity contribution in [2.24, 2.45) is 0 Å². The third-order valence-corrected chi connectivity index (χ3v) is 3.50. The number of hydrogen-bond acceptors (Lipinski definition) is 4. The molecule has 1 atom stereocenters. The lowest BCUT2D eigenvalue weighted by Gasteiger charge is -2.13. The van der Waals surface area contributed by atoms with E-state index < -0.39 is 18.0 Å². The maximum atomic E-state index is 12.0. The van der Waals surface area contributed by atoms with Gasteiger partial charge in [-0.3, -0.25) is 9.78 Å². The van der Waals surface area contributed by atoms with Crippen molar-refractivity contribution in [2.45, 2.75) is 13.0 Å². The number of rotatable bonds is 4. The van der Waals surface area contributed by atoms with Crippen LogP contribution in [0.2, 0.25) is 10.0 Å². The largest absolute Gasteiger partial charge is 0.449 e. The molecule has 1 unspecified atom stereocenters. The molecule has 0 radical (unpaired) electrons. The Bertz CT molecular complexity index is 692. The molecule has 1 N–H and O–H groups in total. The number of nitrogens with zero attached hydrogens (tertiary/aromatic N) is 1. The molecular weight excluding hydrogens is 327 g/mol. The van der Waals surface area contributed by atoms with Gasteiger partial charge >= 0.3 is 5.97 Å². The second-order valence-corrected chi connectivity index (χ2v) is 5.22. The zero-order chi connectivity index (χ0) is 16.1. The molecule has 7 heteroatoms. The topological polar surface area (TPSA) is 68.3 Å². The lowest BCUT2D eigenvalue weighted by Crippen LogP contribution is -2.30. The molecule has 0 aliphatic rings. The monoisotopic (exact) mass is 338 g/mol. The highest BCUT2D eigenvalue weighted by molar-refractivity contribution is 6.42. The van der Waals surface area contributed by atoms with Crippen LogP contribution < -0.4 is 5.32 Å². The predicted molar refractivity (Wildman–Crippen MR) is 84.2 cm³/mol. The number of aromatic nitrogens is 1. The van der Waals surface area contributed by atoms with Gasteiger partial charge < -0.3 is 10.1 Å². The molecule has 0 saturated carbocycles. The van der Waals surface area contributed by atoms with Crippen molar-refractivity contribution in [3.63, 3.8) is 0 Å². The summed E-state index contributed by atoms with van der Waals surface area (Å²) in [6, 6.07) is 7.69. The first kappa shape index (κ1) is 16.3. The fourth-order valence-electron chi connectivity index (χ4n) is 1.59. The standard InChI is InChI=1S/C15H12Cl2N2O3/c1-9(22-15(21)10-4-6-18-7-5-10)14(20)19-11-2-3-12(16)13(17)8-11/h2-9H,1H3,(H,19,20). The van der Waals surface area contributed by atoms with E-state index >= 15 is 0 Å². The minimum atomic E-state index is -0.963. The van der Waals surface area contributed by atoms with Crippen LogP contribution in [0.3, 0.4) is 0 Å². The summed E-state index contributed by atoms with van der Waals surface area (Å²) in [6.07, 6.45) is 1.98. The highest BCUT2D eigenvalue weighted by Gasteiger charge is 2.19. The van der Waals surface area contributed by atoms with E-state index in [0.717, 1.165) is 0 Å². The van der Waals surface area contributed by atoms with Crippen LogP contribution >= 0.6 is 23.2 Å². The van der Waals surface area contributed by atoms with E-state index in [1.54, 1.807) is 12.1 Å². The van der Waals surface area contributed by atoms with E-state index in [2.05, 4.69) is 10.3 Å². The van der Waals surface area contributed by atoms with Crippen molar-refractivity contribution in [2.75, 3.05) is 5.32 Å². The van der Waals surface area contributed by atoms with Crippen LogP contribution in [0, 0.1) is 0 Å². The Hall–Kier alpha value is -2.11. The predicted octanol–water partition coefficient (Wildman–Crippen LogP) is 3.57. The summed E-state index contributed by atoms with van der Waals surface area (Å²) in [5, 5.41) is 3.30. The van der Waals surface area contributed by atoms with Gasteiger partial charge in [0.05, 0.1) is 15.6 Å². The molecule has 1 aromatic heterocycles. The van der Waals surface area contributed by atoms with Crippen molar-refractivity contribution >= 4 is 40.8 Å². The third-order valence-electron chi connectivity index (χ3n) is 2.76. The van der Waals surface area contributed by atoms with Gasteiger partial charge in [-0.1, -0.05) is 23.2 Å². The summed E-state index contributed by atoms with van der Waals surface area (Å²) in [5.41, 5.74) is 0.787. The first-order valence-electron chi connectivity index (χ1n) is 6.34. The quantitative estimate of drug-likeness (QED) is 0.865. The SMILES string of the molecule is CC(OC(=O)c1ccncc1)C(=O)Nc1ccc(Cl)c(Cl)c1. The van der Waals surface area contributed by atoms with Gasteiger partial charge in [0.2, 0.25) is 0 Å². The number of hydrogen-bond donors (Lipinski definition) is 1. The number of anilines is 1. The second-order valence-electron chi connectivity index (χ2n) is 4.40. The van der Waals surface area contributed by atoms with E-state index in [9.17, 15) is 9.59 Å². The first-order chi connectivity index (χ1) is 10.5. The third kappa shape index (κ3) is 4.19. The van der Waals surface area contributed by atoms with Gasteiger partial charge in [0.25, 0.3) is 5.91 Å².